The lowest BCUT2D eigenvalue weighted by Gasteiger charge is -2.35. The molecule has 1 unspecified atom stereocenters. The van der Waals surface area contributed by atoms with E-state index in [9.17, 15) is 24.0 Å². The van der Waals surface area contributed by atoms with Crippen molar-refractivity contribution >= 4 is 68.7 Å². The summed E-state index contributed by atoms with van der Waals surface area (Å²) in [5, 5.41) is 21.5. The Morgan fingerprint density at radius 1 is 0.845 bits per heavy atom. The van der Waals surface area contributed by atoms with Crippen molar-refractivity contribution in [1.29, 1.82) is 0 Å². The minimum absolute atomic E-state index is 0.0868. The number of rotatable bonds is 13. The fraction of sp³-hybridized carbons (Fsp3) is 0.585. The van der Waals surface area contributed by atoms with Gasteiger partial charge in [0.25, 0.3) is 0 Å². The molecule has 0 radical (unpaired) electrons. The number of carbonyl (C=O) groups is 7. The van der Waals surface area contributed by atoms with Crippen LogP contribution >= 0.6 is 11.3 Å². The molecule has 8 rings (SSSR count). The van der Waals surface area contributed by atoms with Crippen molar-refractivity contribution in [2.24, 2.45) is 28.3 Å². The van der Waals surface area contributed by atoms with Gasteiger partial charge in [0.2, 0.25) is 41.4 Å². The average Bonchev–Trinajstić information content (AvgIpc) is 3.76. The number of guanidine groups is 1. The largest absolute Gasteiger partial charge is 0.370 e. The number of benzene rings is 2. The van der Waals surface area contributed by atoms with Crippen molar-refractivity contribution in [2.45, 2.75) is 164 Å². The molecule has 7 atom stereocenters. The van der Waals surface area contributed by atoms with Crippen LogP contribution in [0.5, 0.6) is 0 Å². The summed E-state index contributed by atoms with van der Waals surface area (Å²) in [5.74, 6) is -3.53. The van der Waals surface area contributed by atoms with E-state index in [1.54, 1.807) is 11.3 Å². The van der Waals surface area contributed by atoms with E-state index in [1.165, 1.54) is 17.4 Å². The number of fused-ring (bicyclic) bond motifs is 2. The normalized spacial score (nSPS) is 27.0. The first-order valence-corrected chi connectivity index (χ1v) is 26.8. The number of carbonyl (C=O) groups excluding carboxylic acids is 7. The monoisotopic (exact) mass is 993 g/mol. The Balaban J connectivity index is 1.13. The number of hydrogen-bond acceptors (Lipinski definition) is 9. The van der Waals surface area contributed by atoms with Crippen LogP contribution < -0.4 is 43.4 Å². The van der Waals surface area contributed by atoms with Crippen LogP contribution in [0.15, 0.2) is 65.0 Å². The number of nitrogens with two attached hydrogens (primary N) is 2. The molecule has 5 fully saturated rings. The van der Waals surface area contributed by atoms with Gasteiger partial charge in [0.05, 0.1) is 0 Å². The van der Waals surface area contributed by atoms with E-state index >= 15 is 9.59 Å². The molecule has 0 bridgehead atoms. The second kappa shape index (κ2) is 23.0. The second-order valence-corrected chi connectivity index (χ2v) is 21.5. The number of nitrogens with one attached hydrogen (secondary N) is 6. The second-order valence-electron chi connectivity index (χ2n) is 20.6. The van der Waals surface area contributed by atoms with Gasteiger partial charge in [-0.2, -0.15) is 0 Å². The maximum absolute atomic E-state index is 15.3. The number of amides is 7. The van der Waals surface area contributed by atoms with Crippen molar-refractivity contribution in [1.82, 2.24) is 36.8 Å². The van der Waals surface area contributed by atoms with Crippen molar-refractivity contribution < 1.29 is 33.6 Å². The highest BCUT2D eigenvalue weighted by Gasteiger charge is 2.70. The van der Waals surface area contributed by atoms with Gasteiger partial charge in [0.15, 0.2) is 5.96 Å². The smallest absolute Gasteiger partial charge is 0.246 e. The highest BCUT2D eigenvalue weighted by atomic mass is 32.1. The summed E-state index contributed by atoms with van der Waals surface area (Å²) in [7, 11) is 0. The molecule has 71 heavy (non-hydrogen) atoms. The molecular weight excluding hydrogens is 921 g/mol. The van der Waals surface area contributed by atoms with E-state index in [0.717, 1.165) is 73.4 Å². The highest BCUT2D eigenvalue weighted by molar-refractivity contribution is 7.17. The number of nitrogens with zero attached hydrogens (tertiary/aromatic N) is 2. The van der Waals surface area contributed by atoms with Gasteiger partial charge in [-0.1, -0.05) is 93.5 Å². The molecule has 7 amide bonds. The first kappa shape index (κ1) is 51.3. The van der Waals surface area contributed by atoms with Crippen LogP contribution in [0.25, 0.3) is 10.1 Å². The fourth-order valence-corrected chi connectivity index (χ4v) is 13.2. The average molecular weight is 993 g/mol. The molecule has 10 N–H and O–H groups in total. The molecule has 3 heterocycles. The topological polar surface area (TPSA) is 259 Å². The molecule has 2 aromatic carbocycles. The molecule has 18 heteroatoms. The summed E-state index contributed by atoms with van der Waals surface area (Å²) in [6, 6.07) is 12.4. The Bertz CT molecular complexity index is 2450. The minimum Gasteiger partial charge on any atom is -0.370 e. The lowest BCUT2D eigenvalue weighted by atomic mass is 9.72. The van der Waals surface area contributed by atoms with Gasteiger partial charge in [0.1, 0.15) is 35.7 Å². The lowest BCUT2D eigenvalue weighted by Crippen LogP contribution is -2.61. The van der Waals surface area contributed by atoms with Crippen LogP contribution in [-0.2, 0) is 45.4 Å². The summed E-state index contributed by atoms with van der Waals surface area (Å²) < 4.78 is 1.15. The van der Waals surface area contributed by atoms with Crippen molar-refractivity contribution in [2.75, 3.05) is 19.6 Å². The Labute approximate surface area is 420 Å². The molecule has 2 saturated heterocycles. The zero-order valence-electron chi connectivity index (χ0n) is 41.0. The molecular formula is C53H72N10O7S. The van der Waals surface area contributed by atoms with Crippen molar-refractivity contribution in [3.8, 4) is 0 Å². The Kier molecular flexibility index (Phi) is 16.6. The van der Waals surface area contributed by atoms with Crippen LogP contribution in [0.3, 0.4) is 0 Å². The van der Waals surface area contributed by atoms with E-state index in [1.807, 2.05) is 42.5 Å². The van der Waals surface area contributed by atoms with E-state index in [2.05, 4.69) is 54.4 Å². The molecule has 17 nitrogen and oxygen atoms in total. The Hall–Kier alpha value is -6.04. The summed E-state index contributed by atoms with van der Waals surface area (Å²) >= 11 is 1.68. The van der Waals surface area contributed by atoms with Gasteiger partial charge in [0, 0.05) is 49.0 Å². The SMILES string of the molecule is CC(=O)N[C@@H](Cc1ccccc1)C(=O)N[C@H]1CCCNC(=O)[C@H](CCCN=C(N)N)NC(=O)C2(C[C@H]2C2(c3csc4ccccc34)CCCC2)NC(=O)[C@@H](CC2CCCCC2)NC(=O)[C@@H]2CCCN2C1=O. The standard InChI is InChI=1S/C53H72N10O7S/c1-33(64)58-40(29-34-15-4-2-5-16-34)46(66)59-39-21-13-26-56-45(65)38(20-12-27-57-51(54)55)61-50(70)53(31-44(53)52(24-10-11-25-52)37-32-71-43-23-9-8-19-36(37)43)62-47(67)41(30-35-17-6-3-7-18-35)60-48(68)42-22-14-28-63(42)49(39)69/h2,4-5,8-9,15-16,19,23,32,35,38-42,44H,3,6-7,10-14,17-18,20-22,24-31H2,1H3,(H,56,65)(H,58,64)(H,59,66)(H,60,68)(H,61,70)(H,62,67)(H4,54,55,57)/t38-,39-,40-,41+,42-,44-,53?/m0/s1. The van der Waals surface area contributed by atoms with Crippen LogP contribution in [-0.4, -0.2) is 108 Å². The zero-order valence-corrected chi connectivity index (χ0v) is 41.8. The molecule has 1 spiro atoms. The first-order valence-electron chi connectivity index (χ1n) is 25.9. The number of aliphatic imine (C=N–C) groups is 1. The molecule has 3 aromatic rings. The Morgan fingerprint density at radius 2 is 1.59 bits per heavy atom. The van der Waals surface area contributed by atoms with Crippen LogP contribution in [0.2, 0.25) is 0 Å². The molecule has 5 aliphatic rings. The number of thiophene rings is 1. The first-order chi connectivity index (χ1) is 34.3. The molecule has 1 aromatic heterocycles. The predicted octanol–water partition coefficient (Wildman–Crippen LogP) is 3.71. The van der Waals surface area contributed by atoms with Gasteiger partial charge < -0.3 is 48.3 Å². The summed E-state index contributed by atoms with van der Waals surface area (Å²) in [5.41, 5.74) is 11.5. The van der Waals surface area contributed by atoms with Crippen molar-refractivity contribution in [3.63, 3.8) is 0 Å². The van der Waals surface area contributed by atoms with E-state index in [4.69, 9.17) is 11.5 Å². The van der Waals surface area contributed by atoms with Crippen molar-refractivity contribution in [3.05, 3.63) is 71.1 Å². The van der Waals surface area contributed by atoms with Crippen LogP contribution in [0.4, 0.5) is 0 Å². The molecule has 2 aliphatic heterocycles. The predicted molar refractivity (Wildman–Crippen MR) is 273 cm³/mol. The zero-order chi connectivity index (χ0) is 50.1. The van der Waals surface area contributed by atoms with Crippen LogP contribution in [0.1, 0.15) is 127 Å². The summed E-state index contributed by atoms with van der Waals surface area (Å²) in [6.45, 7) is 1.88. The highest BCUT2D eigenvalue weighted by Crippen LogP contribution is 2.63. The van der Waals surface area contributed by atoms with Gasteiger partial charge in [-0.3, -0.25) is 38.6 Å². The van der Waals surface area contributed by atoms with Gasteiger partial charge in [-0.15, -0.1) is 11.3 Å². The molecule has 3 saturated carbocycles. The van der Waals surface area contributed by atoms with Gasteiger partial charge in [-0.25, -0.2) is 0 Å². The van der Waals surface area contributed by atoms with E-state index < -0.39 is 82.5 Å². The Morgan fingerprint density at radius 3 is 2.34 bits per heavy atom. The quantitative estimate of drug-likeness (QED) is 0.0705. The third-order valence-corrected chi connectivity index (χ3v) is 16.7. The third-order valence-electron chi connectivity index (χ3n) is 15.8. The maximum Gasteiger partial charge on any atom is 0.246 e. The lowest BCUT2D eigenvalue weighted by molar-refractivity contribution is -0.143. The van der Waals surface area contributed by atoms with Crippen LogP contribution in [0, 0.1) is 11.8 Å². The van der Waals surface area contributed by atoms with E-state index in [0.29, 0.717) is 32.1 Å². The summed E-state index contributed by atoms with van der Waals surface area (Å²) in [4.78, 5) is 106. The molecule has 3 aliphatic carbocycles. The van der Waals surface area contributed by atoms with Gasteiger partial charge >= 0.3 is 0 Å². The van der Waals surface area contributed by atoms with E-state index in [-0.39, 0.29) is 63.1 Å². The van der Waals surface area contributed by atoms with Gasteiger partial charge in [-0.05, 0) is 98.1 Å². The number of hydrogen-bond donors (Lipinski definition) is 8. The minimum atomic E-state index is -1.39. The molecule has 382 valence electrons. The fourth-order valence-electron chi connectivity index (χ4n) is 12.2. The maximum atomic E-state index is 15.3. The third kappa shape index (κ3) is 12.0. The summed E-state index contributed by atoms with van der Waals surface area (Å²) in [6.07, 6.45) is 11.2.